The Morgan fingerprint density at radius 3 is 2.72 bits per heavy atom. The minimum Gasteiger partial charge on any atom is -0.350 e. The van der Waals surface area contributed by atoms with Crippen LogP contribution in [-0.2, 0) is 27.3 Å². The predicted octanol–water partition coefficient (Wildman–Crippen LogP) is 3.25. The van der Waals surface area contributed by atoms with Crippen molar-refractivity contribution in [3.8, 4) is 0 Å². The van der Waals surface area contributed by atoms with Gasteiger partial charge in [0.2, 0.25) is 5.91 Å². The first kappa shape index (κ1) is 23.2. The van der Waals surface area contributed by atoms with Gasteiger partial charge in [-0.3, -0.25) is 14.5 Å². The van der Waals surface area contributed by atoms with Crippen molar-refractivity contribution in [3.05, 3.63) is 70.9 Å². The number of amides is 2. The number of benzene rings is 2. The van der Waals surface area contributed by atoms with E-state index in [2.05, 4.69) is 39.2 Å². The number of nitrogens with zero attached hydrogens (tertiary/aromatic N) is 3. The van der Waals surface area contributed by atoms with E-state index < -0.39 is 0 Å². The summed E-state index contributed by atoms with van der Waals surface area (Å²) in [5.41, 5.74) is 7.71. The van der Waals surface area contributed by atoms with Gasteiger partial charge >= 0.3 is 0 Å². The van der Waals surface area contributed by atoms with Crippen molar-refractivity contribution in [2.45, 2.75) is 44.6 Å². The van der Waals surface area contributed by atoms with Crippen LogP contribution in [0.25, 0.3) is 10.9 Å². The minimum atomic E-state index is -0.373. The molecule has 2 atom stereocenters. The van der Waals surface area contributed by atoms with E-state index in [0.29, 0.717) is 18.7 Å². The van der Waals surface area contributed by atoms with Crippen LogP contribution in [0.2, 0.25) is 0 Å². The highest BCUT2D eigenvalue weighted by Crippen LogP contribution is 2.40. The molecule has 1 aromatic heterocycles. The maximum Gasteiger partial charge on any atom is 0.274 e. The number of nitrogens with one attached hydrogen (secondary N) is 1. The Bertz CT molecular complexity index is 1280. The first-order valence-corrected chi connectivity index (χ1v) is 12.9. The van der Waals surface area contributed by atoms with Gasteiger partial charge in [-0.25, -0.2) is 10.3 Å². The van der Waals surface area contributed by atoms with Crippen molar-refractivity contribution in [1.82, 2.24) is 19.8 Å². The zero-order chi connectivity index (χ0) is 24.6. The maximum absolute atomic E-state index is 13.2. The number of rotatable bonds is 5. The van der Waals surface area contributed by atoms with E-state index in [0.717, 1.165) is 67.3 Å². The summed E-state index contributed by atoms with van der Waals surface area (Å²) in [5, 5.41) is 1.16. The number of piperazine rings is 1. The smallest absolute Gasteiger partial charge is 0.274 e. The molecular formula is C28H32N4O4. The number of ether oxygens (including phenoxy) is 1. The van der Waals surface area contributed by atoms with Gasteiger partial charge in [-0.2, -0.15) is 0 Å². The number of aromatic nitrogens is 1. The lowest BCUT2D eigenvalue weighted by Gasteiger charge is -2.42. The molecule has 4 heterocycles. The van der Waals surface area contributed by atoms with E-state index in [1.165, 1.54) is 5.69 Å². The molecule has 2 fully saturated rings. The number of hydrogen-bond acceptors (Lipinski definition) is 5. The van der Waals surface area contributed by atoms with Crippen molar-refractivity contribution in [1.29, 1.82) is 0 Å². The van der Waals surface area contributed by atoms with Crippen molar-refractivity contribution in [3.63, 3.8) is 0 Å². The third kappa shape index (κ3) is 4.19. The molecule has 0 aliphatic carbocycles. The van der Waals surface area contributed by atoms with Gasteiger partial charge in [0.05, 0.1) is 0 Å². The van der Waals surface area contributed by atoms with Crippen LogP contribution in [0.3, 0.4) is 0 Å². The standard InChI is InChI=1S/C28H32N4O4/c1-30-15-16-31-14-13-23-25(26(31)28(30)34)21-6-2-3-7-22(21)32(23)18-19-9-11-20(12-10-19)27(33)29-36-24-8-4-5-17-35-24/h2-3,6-7,9-12,24,26H,4-5,8,13-18H2,1H3,(H,29,33). The van der Waals surface area contributed by atoms with E-state index in [9.17, 15) is 9.59 Å². The predicted molar refractivity (Wildman–Crippen MR) is 135 cm³/mol. The molecule has 1 N–H and O–H groups in total. The summed E-state index contributed by atoms with van der Waals surface area (Å²) in [5.74, 6) is -0.0964. The summed E-state index contributed by atoms with van der Waals surface area (Å²) >= 11 is 0. The van der Waals surface area contributed by atoms with Gasteiger partial charge in [0, 0.05) is 80.4 Å². The van der Waals surface area contributed by atoms with Crippen LogP contribution in [0.1, 0.15) is 52.5 Å². The molecule has 36 heavy (non-hydrogen) atoms. The first-order valence-electron chi connectivity index (χ1n) is 12.9. The van der Waals surface area contributed by atoms with Crippen LogP contribution in [0.4, 0.5) is 0 Å². The van der Waals surface area contributed by atoms with Crippen molar-refractivity contribution >= 4 is 22.7 Å². The monoisotopic (exact) mass is 488 g/mol. The fraction of sp³-hybridized carbons (Fsp3) is 0.429. The average molecular weight is 489 g/mol. The van der Waals surface area contributed by atoms with Crippen LogP contribution in [0.15, 0.2) is 48.5 Å². The summed E-state index contributed by atoms with van der Waals surface area (Å²) in [6.07, 6.45) is 3.40. The van der Waals surface area contributed by atoms with Crippen LogP contribution < -0.4 is 5.48 Å². The molecule has 2 unspecified atom stereocenters. The van der Waals surface area contributed by atoms with Crippen LogP contribution in [0.5, 0.6) is 0 Å². The van der Waals surface area contributed by atoms with Gasteiger partial charge in [0.1, 0.15) is 6.04 Å². The molecule has 8 heteroatoms. The molecular weight excluding hydrogens is 456 g/mol. The topological polar surface area (TPSA) is 76.0 Å². The lowest BCUT2D eigenvalue weighted by molar-refractivity contribution is -0.186. The third-order valence-corrected chi connectivity index (χ3v) is 7.71. The Morgan fingerprint density at radius 2 is 1.92 bits per heavy atom. The number of carbonyl (C=O) groups is 2. The lowest BCUT2D eigenvalue weighted by Crippen LogP contribution is -2.53. The molecule has 188 valence electrons. The maximum atomic E-state index is 13.2. The van der Waals surface area contributed by atoms with Gasteiger partial charge in [-0.15, -0.1) is 0 Å². The molecule has 3 aliphatic heterocycles. The summed E-state index contributed by atoms with van der Waals surface area (Å²) < 4.78 is 7.85. The molecule has 8 nitrogen and oxygen atoms in total. The minimum absolute atomic E-state index is 0.182. The van der Waals surface area contributed by atoms with Crippen molar-refractivity contribution in [2.24, 2.45) is 0 Å². The average Bonchev–Trinajstić information content (AvgIpc) is 3.24. The van der Waals surface area contributed by atoms with Crippen LogP contribution >= 0.6 is 0 Å². The number of likely N-dealkylation sites (N-methyl/N-ethyl adjacent to an activating group) is 1. The normalized spacial score (nSPS) is 22.4. The zero-order valence-electron chi connectivity index (χ0n) is 20.6. The van der Waals surface area contributed by atoms with Crippen molar-refractivity contribution in [2.75, 3.05) is 33.3 Å². The molecule has 0 saturated carbocycles. The van der Waals surface area contributed by atoms with E-state index >= 15 is 0 Å². The van der Waals surface area contributed by atoms with Gasteiger partial charge in [-0.05, 0) is 36.6 Å². The molecule has 2 aromatic carbocycles. The Kier molecular flexibility index (Phi) is 6.25. The second-order valence-electron chi connectivity index (χ2n) is 9.95. The van der Waals surface area contributed by atoms with E-state index in [-0.39, 0.29) is 24.1 Å². The number of para-hydroxylation sites is 1. The number of hydrogen-bond donors (Lipinski definition) is 1. The Hall–Kier alpha value is -3.20. The van der Waals surface area contributed by atoms with Gasteiger partial charge in [-0.1, -0.05) is 30.3 Å². The summed E-state index contributed by atoms with van der Waals surface area (Å²) in [6, 6.07) is 15.8. The summed E-state index contributed by atoms with van der Waals surface area (Å²) in [4.78, 5) is 35.4. The SMILES string of the molecule is CN1CCN2CCc3c(c4ccccc4n3Cc3ccc(C(=O)NOC4CCCCO4)cc3)C2C1=O. The fourth-order valence-corrected chi connectivity index (χ4v) is 5.74. The quantitative estimate of drug-likeness (QED) is 0.558. The third-order valence-electron chi connectivity index (χ3n) is 7.71. The molecule has 0 bridgehead atoms. The molecule has 3 aliphatic rings. The molecule has 2 amide bonds. The highest BCUT2D eigenvalue weighted by molar-refractivity contribution is 5.94. The Labute approximate surface area is 210 Å². The molecule has 2 saturated heterocycles. The van der Waals surface area contributed by atoms with E-state index in [4.69, 9.17) is 9.57 Å². The first-order chi connectivity index (χ1) is 17.6. The molecule has 3 aromatic rings. The fourth-order valence-electron chi connectivity index (χ4n) is 5.74. The van der Waals surface area contributed by atoms with Gasteiger partial charge < -0.3 is 14.2 Å². The van der Waals surface area contributed by atoms with E-state index in [1.54, 1.807) is 0 Å². The second-order valence-corrected chi connectivity index (χ2v) is 9.95. The zero-order valence-corrected chi connectivity index (χ0v) is 20.6. The van der Waals surface area contributed by atoms with Gasteiger partial charge in [0.15, 0.2) is 6.29 Å². The Balaban J connectivity index is 1.24. The molecule has 0 spiro atoms. The second kappa shape index (κ2) is 9.69. The van der Waals surface area contributed by atoms with Crippen LogP contribution in [-0.4, -0.2) is 65.8 Å². The van der Waals surface area contributed by atoms with E-state index in [1.807, 2.05) is 36.2 Å². The number of carbonyl (C=O) groups excluding carboxylic acids is 2. The highest BCUT2D eigenvalue weighted by atomic mass is 16.8. The summed E-state index contributed by atoms with van der Waals surface area (Å²) in [6.45, 7) is 3.92. The van der Waals surface area contributed by atoms with Gasteiger partial charge in [0.25, 0.3) is 5.91 Å². The van der Waals surface area contributed by atoms with Crippen LogP contribution in [0, 0.1) is 0 Å². The Morgan fingerprint density at radius 1 is 1.08 bits per heavy atom. The number of fused-ring (bicyclic) bond motifs is 5. The largest absolute Gasteiger partial charge is 0.350 e. The highest BCUT2D eigenvalue weighted by Gasteiger charge is 2.40. The molecule has 0 radical (unpaired) electrons. The number of hydroxylamine groups is 1. The van der Waals surface area contributed by atoms with Crippen molar-refractivity contribution < 1.29 is 19.2 Å². The molecule has 6 rings (SSSR count). The lowest BCUT2D eigenvalue weighted by atomic mass is 9.93. The summed E-state index contributed by atoms with van der Waals surface area (Å²) in [7, 11) is 1.90.